The van der Waals surface area contributed by atoms with Gasteiger partial charge in [0.1, 0.15) is 17.0 Å². The summed E-state index contributed by atoms with van der Waals surface area (Å²) in [6.07, 6.45) is 8.39. The average molecular weight is 344 g/mol. The molecule has 0 aromatic carbocycles. The van der Waals surface area contributed by atoms with Crippen LogP contribution >= 0.6 is 11.3 Å². The number of thiophene rings is 1. The molecular formula is C18H24N4OS. The topological polar surface area (TPSA) is 41.5 Å². The van der Waals surface area contributed by atoms with Crippen LogP contribution in [0.5, 0.6) is 0 Å². The molecule has 0 bridgehead atoms. The minimum absolute atomic E-state index is 0.461. The Morgan fingerprint density at radius 1 is 1.12 bits per heavy atom. The Kier molecular flexibility index (Phi) is 3.91. The first kappa shape index (κ1) is 15.0. The highest BCUT2D eigenvalue weighted by Gasteiger charge is 2.27. The Bertz CT molecular complexity index is 732. The van der Waals surface area contributed by atoms with Crippen LogP contribution in [-0.4, -0.2) is 60.3 Å². The highest BCUT2D eigenvalue weighted by atomic mass is 32.1. The van der Waals surface area contributed by atoms with Crippen molar-refractivity contribution >= 4 is 27.4 Å². The van der Waals surface area contributed by atoms with Gasteiger partial charge in [-0.15, -0.1) is 11.3 Å². The lowest BCUT2D eigenvalue weighted by molar-refractivity contribution is 0.0712. The number of aromatic nitrogens is 2. The molecule has 128 valence electrons. The van der Waals surface area contributed by atoms with Gasteiger partial charge in [-0.3, -0.25) is 4.90 Å². The first-order chi connectivity index (χ1) is 11.9. The van der Waals surface area contributed by atoms with Gasteiger partial charge in [-0.25, -0.2) is 9.97 Å². The number of hydrogen-bond donors (Lipinski definition) is 0. The second-order valence-corrected chi connectivity index (χ2v) is 8.24. The van der Waals surface area contributed by atoms with E-state index in [4.69, 9.17) is 4.74 Å². The minimum Gasteiger partial charge on any atom is -0.377 e. The summed E-state index contributed by atoms with van der Waals surface area (Å²) in [5.74, 6) is 1.18. The Morgan fingerprint density at radius 3 is 2.88 bits per heavy atom. The molecule has 24 heavy (non-hydrogen) atoms. The second kappa shape index (κ2) is 6.24. The zero-order valence-corrected chi connectivity index (χ0v) is 14.9. The van der Waals surface area contributed by atoms with Gasteiger partial charge in [0.2, 0.25) is 0 Å². The average Bonchev–Trinajstić information content (AvgIpc) is 3.32. The summed E-state index contributed by atoms with van der Waals surface area (Å²) >= 11 is 1.88. The van der Waals surface area contributed by atoms with Crippen LogP contribution in [0.1, 0.15) is 29.7 Å². The first-order valence-corrected chi connectivity index (χ1v) is 10.0. The maximum absolute atomic E-state index is 5.79. The fraction of sp³-hybridized carbons (Fsp3) is 0.667. The lowest BCUT2D eigenvalue weighted by Gasteiger charge is -2.36. The summed E-state index contributed by atoms with van der Waals surface area (Å²) < 4.78 is 5.79. The lowest BCUT2D eigenvalue weighted by atomic mass is 10.1. The zero-order chi connectivity index (χ0) is 15.9. The van der Waals surface area contributed by atoms with Crippen molar-refractivity contribution in [1.29, 1.82) is 0 Å². The third kappa shape index (κ3) is 2.61. The summed E-state index contributed by atoms with van der Waals surface area (Å²) in [6, 6.07) is 0. The van der Waals surface area contributed by atoms with E-state index in [1.807, 2.05) is 11.3 Å². The van der Waals surface area contributed by atoms with Crippen LogP contribution in [0.2, 0.25) is 0 Å². The van der Waals surface area contributed by atoms with E-state index in [2.05, 4.69) is 19.8 Å². The Morgan fingerprint density at radius 2 is 2.04 bits per heavy atom. The van der Waals surface area contributed by atoms with Crippen LogP contribution in [0, 0.1) is 0 Å². The number of fused-ring (bicyclic) bond motifs is 3. The van der Waals surface area contributed by atoms with Crippen LogP contribution in [-0.2, 0) is 17.6 Å². The van der Waals surface area contributed by atoms with Crippen LogP contribution in [0.25, 0.3) is 10.2 Å². The highest BCUT2D eigenvalue weighted by Crippen LogP contribution is 2.40. The quantitative estimate of drug-likeness (QED) is 0.856. The number of hydrogen-bond acceptors (Lipinski definition) is 6. The third-order valence-electron chi connectivity index (χ3n) is 5.64. The summed E-state index contributed by atoms with van der Waals surface area (Å²) in [5.41, 5.74) is 1.53. The van der Waals surface area contributed by atoms with E-state index in [0.29, 0.717) is 6.10 Å². The van der Waals surface area contributed by atoms with Gasteiger partial charge in [0, 0.05) is 44.2 Å². The van der Waals surface area contributed by atoms with Gasteiger partial charge in [-0.1, -0.05) is 0 Å². The molecule has 5 nitrogen and oxygen atoms in total. The van der Waals surface area contributed by atoms with Gasteiger partial charge < -0.3 is 9.64 Å². The van der Waals surface area contributed by atoms with Gasteiger partial charge in [-0.2, -0.15) is 0 Å². The van der Waals surface area contributed by atoms with E-state index in [1.165, 1.54) is 53.7 Å². The fourth-order valence-electron chi connectivity index (χ4n) is 4.37. The number of anilines is 1. The lowest BCUT2D eigenvalue weighted by Crippen LogP contribution is -2.48. The smallest absolute Gasteiger partial charge is 0.141 e. The van der Waals surface area contributed by atoms with Gasteiger partial charge >= 0.3 is 0 Å². The number of piperazine rings is 1. The molecule has 4 heterocycles. The van der Waals surface area contributed by atoms with Crippen molar-refractivity contribution in [3.05, 3.63) is 16.8 Å². The summed E-state index contributed by atoms with van der Waals surface area (Å²) in [7, 11) is 0. The van der Waals surface area contributed by atoms with E-state index in [0.717, 1.165) is 39.3 Å². The molecule has 3 aliphatic rings. The molecule has 0 saturated carbocycles. The molecule has 2 aliphatic heterocycles. The molecular weight excluding hydrogens is 320 g/mol. The molecule has 2 saturated heterocycles. The molecule has 6 heteroatoms. The highest BCUT2D eigenvalue weighted by molar-refractivity contribution is 7.19. The molecule has 0 spiro atoms. The maximum atomic E-state index is 5.79. The van der Waals surface area contributed by atoms with E-state index in [9.17, 15) is 0 Å². The van der Waals surface area contributed by atoms with Crippen LogP contribution in [0.4, 0.5) is 5.82 Å². The molecule has 1 atom stereocenters. The van der Waals surface area contributed by atoms with Crippen molar-refractivity contribution in [1.82, 2.24) is 14.9 Å². The molecule has 1 unspecified atom stereocenters. The summed E-state index contributed by atoms with van der Waals surface area (Å²) in [6.45, 7) is 6.38. The van der Waals surface area contributed by atoms with Gasteiger partial charge in [0.15, 0.2) is 0 Å². The molecule has 1 aliphatic carbocycles. The van der Waals surface area contributed by atoms with Crippen molar-refractivity contribution < 1.29 is 4.74 Å². The number of aryl methyl sites for hydroxylation is 2. The molecule has 0 N–H and O–H groups in total. The second-order valence-electron chi connectivity index (χ2n) is 7.16. The summed E-state index contributed by atoms with van der Waals surface area (Å²) in [5, 5.41) is 1.35. The van der Waals surface area contributed by atoms with Gasteiger partial charge in [0.25, 0.3) is 0 Å². The molecule has 2 aromatic heterocycles. The number of nitrogens with zero attached hydrogens (tertiary/aromatic N) is 4. The third-order valence-corrected chi connectivity index (χ3v) is 6.84. The van der Waals surface area contributed by atoms with Crippen LogP contribution < -0.4 is 4.90 Å². The number of rotatable bonds is 3. The Hall–Kier alpha value is -1.24. The van der Waals surface area contributed by atoms with E-state index in [-0.39, 0.29) is 0 Å². The standard InChI is InChI=1S/C18H24N4OS/c1-4-14-15(5-1)24-18-16(14)17(19-12-20-18)22-8-6-21(7-9-22)11-13-3-2-10-23-13/h12-13H,1-11H2. The molecule has 5 rings (SSSR count). The summed E-state index contributed by atoms with van der Waals surface area (Å²) in [4.78, 5) is 17.0. The largest absolute Gasteiger partial charge is 0.377 e. The van der Waals surface area contributed by atoms with Crippen molar-refractivity contribution in [3.63, 3.8) is 0 Å². The Balaban J connectivity index is 1.34. The van der Waals surface area contributed by atoms with Gasteiger partial charge in [-0.05, 0) is 37.7 Å². The Labute approximate surface area is 146 Å². The first-order valence-electron chi connectivity index (χ1n) is 9.22. The SMILES string of the molecule is c1nc(N2CCN(CC3CCCO3)CC2)c2c3c(sc2n1)CCC3. The van der Waals surface area contributed by atoms with Crippen LogP contribution in [0.3, 0.4) is 0 Å². The van der Waals surface area contributed by atoms with Crippen molar-refractivity contribution in [2.24, 2.45) is 0 Å². The van der Waals surface area contributed by atoms with Crippen molar-refractivity contribution in [3.8, 4) is 0 Å². The zero-order valence-electron chi connectivity index (χ0n) is 14.0. The predicted octanol–water partition coefficient (Wildman–Crippen LogP) is 2.48. The monoisotopic (exact) mass is 344 g/mol. The minimum atomic E-state index is 0.461. The number of ether oxygens (including phenoxy) is 1. The van der Waals surface area contributed by atoms with E-state index in [1.54, 1.807) is 11.2 Å². The predicted molar refractivity (Wildman–Crippen MR) is 97.1 cm³/mol. The van der Waals surface area contributed by atoms with Crippen LogP contribution in [0.15, 0.2) is 6.33 Å². The maximum Gasteiger partial charge on any atom is 0.141 e. The molecule has 2 fully saturated rings. The molecule has 0 amide bonds. The normalized spacial score (nSPS) is 24.8. The van der Waals surface area contributed by atoms with Gasteiger partial charge in [0.05, 0.1) is 11.5 Å². The molecule has 0 radical (unpaired) electrons. The fourth-order valence-corrected chi connectivity index (χ4v) is 5.59. The molecule has 2 aromatic rings. The van der Waals surface area contributed by atoms with Crippen molar-refractivity contribution in [2.75, 3.05) is 44.2 Å². The van der Waals surface area contributed by atoms with E-state index >= 15 is 0 Å². The van der Waals surface area contributed by atoms with Crippen molar-refractivity contribution in [2.45, 2.75) is 38.2 Å². The van der Waals surface area contributed by atoms with E-state index < -0.39 is 0 Å².